The molecule has 0 aliphatic carbocycles. The molecule has 2 aromatic rings. The molecule has 1 aromatic heterocycles. The van der Waals surface area contributed by atoms with E-state index in [0.717, 1.165) is 25.3 Å². The van der Waals surface area contributed by atoms with Crippen LogP contribution in [0.5, 0.6) is 0 Å². The van der Waals surface area contributed by atoms with Gasteiger partial charge < -0.3 is 9.84 Å². The first kappa shape index (κ1) is 12.8. The maximum Gasteiger partial charge on any atom is 0.213 e. The normalized spacial score (nSPS) is 10.8. The second-order valence-corrected chi connectivity index (χ2v) is 4.65. The number of nitrogens with one attached hydrogen (secondary N) is 1. The third kappa shape index (κ3) is 3.17. The summed E-state index contributed by atoms with van der Waals surface area (Å²) in [6.07, 6.45) is 2.16. The molecule has 0 saturated carbocycles. The lowest BCUT2D eigenvalue weighted by Crippen LogP contribution is -2.18. The molecular weight excluding hydrogens is 226 g/mol. The van der Waals surface area contributed by atoms with Crippen LogP contribution in [0.15, 0.2) is 23.0 Å². The van der Waals surface area contributed by atoms with Gasteiger partial charge in [-0.1, -0.05) is 22.9 Å². The van der Waals surface area contributed by atoms with Crippen LogP contribution in [0.25, 0.3) is 0 Å². The molecule has 1 heterocycles. The van der Waals surface area contributed by atoms with Crippen LogP contribution in [-0.2, 0) is 13.0 Å². The summed E-state index contributed by atoms with van der Waals surface area (Å²) in [5, 5.41) is 7.20. The lowest BCUT2D eigenvalue weighted by atomic mass is 10.00. The zero-order valence-electron chi connectivity index (χ0n) is 11.2. The molecule has 0 saturated heterocycles. The Labute approximate surface area is 107 Å². The van der Waals surface area contributed by atoms with Crippen molar-refractivity contribution < 1.29 is 4.52 Å². The van der Waals surface area contributed by atoms with E-state index in [2.05, 4.69) is 48.4 Å². The third-order valence-corrected chi connectivity index (χ3v) is 3.07. The van der Waals surface area contributed by atoms with Crippen molar-refractivity contribution in [3.8, 4) is 0 Å². The van der Waals surface area contributed by atoms with E-state index in [1.165, 1.54) is 28.6 Å². The van der Waals surface area contributed by atoms with Gasteiger partial charge in [-0.2, -0.15) is 4.98 Å². The number of aromatic nitrogens is 2. The number of hydrogen-bond donors (Lipinski definition) is 1. The Balaban J connectivity index is 1.87. The van der Waals surface area contributed by atoms with Crippen LogP contribution in [0.2, 0.25) is 0 Å². The average molecular weight is 245 g/mol. The molecular formula is C14H19N3O. The highest BCUT2D eigenvalue weighted by atomic mass is 16.5. The van der Waals surface area contributed by atoms with Gasteiger partial charge in [0.15, 0.2) is 5.82 Å². The second-order valence-electron chi connectivity index (χ2n) is 4.65. The molecule has 0 amide bonds. The smallest absolute Gasteiger partial charge is 0.213 e. The van der Waals surface area contributed by atoms with Crippen LogP contribution < -0.4 is 5.32 Å². The van der Waals surface area contributed by atoms with E-state index < -0.39 is 0 Å². The van der Waals surface area contributed by atoms with Crippen molar-refractivity contribution >= 4 is 0 Å². The van der Waals surface area contributed by atoms with Gasteiger partial charge in [0.1, 0.15) is 0 Å². The van der Waals surface area contributed by atoms with Crippen LogP contribution in [0.1, 0.15) is 28.1 Å². The van der Waals surface area contributed by atoms with Crippen molar-refractivity contribution in [1.29, 1.82) is 0 Å². The molecule has 0 spiro atoms. The van der Waals surface area contributed by atoms with Crippen molar-refractivity contribution in [2.24, 2.45) is 0 Å². The molecule has 0 aliphatic rings. The summed E-state index contributed by atoms with van der Waals surface area (Å²) in [6, 6.07) is 4.45. The molecule has 0 atom stereocenters. The van der Waals surface area contributed by atoms with Crippen molar-refractivity contribution in [1.82, 2.24) is 15.5 Å². The van der Waals surface area contributed by atoms with Gasteiger partial charge in [-0.15, -0.1) is 0 Å². The van der Waals surface area contributed by atoms with E-state index in [-0.39, 0.29) is 0 Å². The summed E-state index contributed by atoms with van der Waals surface area (Å²) in [6.45, 7) is 8.20. The molecule has 18 heavy (non-hydrogen) atoms. The maximum absolute atomic E-state index is 4.69. The Kier molecular flexibility index (Phi) is 4.10. The molecule has 4 heteroatoms. The topological polar surface area (TPSA) is 51.0 Å². The highest BCUT2D eigenvalue weighted by Crippen LogP contribution is 2.15. The summed E-state index contributed by atoms with van der Waals surface area (Å²) in [5.74, 6) is 0.750. The van der Waals surface area contributed by atoms with Crippen LogP contribution >= 0.6 is 0 Å². The fourth-order valence-electron chi connectivity index (χ4n) is 2.20. The summed E-state index contributed by atoms with van der Waals surface area (Å²) < 4.78 is 4.69. The highest BCUT2D eigenvalue weighted by Gasteiger charge is 2.04. The van der Waals surface area contributed by atoms with E-state index in [1.807, 2.05) is 0 Å². The Hall–Kier alpha value is -1.68. The van der Waals surface area contributed by atoms with Gasteiger partial charge in [0, 0.05) is 19.5 Å². The first-order valence-corrected chi connectivity index (χ1v) is 6.19. The fraction of sp³-hybridized carbons (Fsp3) is 0.429. The van der Waals surface area contributed by atoms with Gasteiger partial charge in [0.05, 0.1) is 0 Å². The summed E-state index contributed by atoms with van der Waals surface area (Å²) in [7, 11) is 0. The summed E-state index contributed by atoms with van der Waals surface area (Å²) >= 11 is 0. The molecule has 4 nitrogen and oxygen atoms in total. The van der Waals surface area contributed by atoms with Crippen molar-refractivity contribution in [2.75, 3.05) is 6.54 Å². The molecule has 1 N–H and O–H groups in total. The Morgan fingerprint density at radius 1 is 1.17 bits per heavy atom. The van der Waals surface area contributed by atoms with E-state index in [1.54, 1.807) is 0 Å². The molecule has 0 unspecified atom stereocenters. The van der Waals surface area contributed by atoms with Crippen LogP contribution in [0.3, 0.4) is 0 Å². The van der Waals surface area contributed by atoms with Gasteiger partial charge in [-0.3, -0.25) is 0 Å². The number of rotatable bonds is 5. The Morgan fingerprint density at radius 3 is 2.50 bits per heavy atom. The Bertz CT molecular complexity index is 483. The number of aryl methyl sites for hydroxylation is 3. The number of benzene rings is 1. The van der Waals surface area contributed by atoms with E-state index in [0.29, 0.717) is 0 Å². The minimum atomic E-state index is 0.750. The monoisotopic (exact) mass is 245 g/mol. The lowest BCUT2D eigenvalue weighted by molar-refractivity contribution is 0.409. The second kappa shape index (κ2) is 5.78. The predicted molar refractivity (Wildman–Crippen MR) is 70.4 cm³/mol. The van der Waals surface area contributed by atoms with Crippen LogP contribution in [0, 0.1) is 20.8 Å². The molecule has 2 rings (SSSR count). The highest BCUT2D eigenvalue weighted by molar-refractivity contribution is 5.37. The van der Waals surface area contributed by atoms with Crippen molar-refractivity contribution in [3.05, 3.63) is 46.6 Å². The van der Waals surface area contributed by atoms with Gasteiger partial charge in [0.25, 0.3) is 0 Å². The van der Waals surface area contributed by atoms with E-state index in [4.69, 9.17) is 4.52 Å². The summed E-state index contributed by atoms with van der Waals surface area (Å²) in [5.41, 5.74) is 5.40. The van der Waals surface area contributed by atoms with Crippen LogP contribution in [-0.4, -0.2) is 16.7 Å². The minimum Gasteiger partial charge on any atom is -0.343 e. The standard InChI is InChI=1S/C14H19N3O/c1-10-6-11(2)13(12(3)7-10)8-15-5-4-14-16-9-18-17-14/h6-7,9,15H,4-5,8H2,1-3H3. The van der Waals surface area contributed by atoms with Crippen molar-refractivity contribution in [2.45, 2.75) is 33.7 Å². The Morgan fingerprint density at radius 2 is 1.89 bits per heavy atom. The largest absolute Gasteiger partial charge is 0.343 e. The minimum absolute atomic E-state index is 0.750. The van der Waals surface area contributed by atoms with Gasteiger partial charge in [-0.25, -0.2) is 0 Å². The maximum atomic E-state index is 4.69. The SMILES string of the molecule is Cc1cc(C)c(CNCCc2ncon2)c(C)c1. The van der Waals surface area contributed by atoms with E-state index in [9.17, 15) is 0 Å². The molecule has 0 radical (unpaired) electrons. The number of nitrogens with zero attached hydrogens (tertiary/aromatic N) is 2. The predicted octanol–water partition coefficient (Wildman–Crippen LogP) is 2.33. The van der Waals surface area contributed by atoms with Gasteiger partial charge >= 0.3 is 0 Å². The first-order valence-electron chi connectivity index (χ1n) is 6.19. The van der Waals surface area contributed by atoms with Gasteiger partial charge in [-0.05, 0) is 37.5 Å². The van der Waals surface area contributed by atoms with Crippen molar-refractivity contribution in [3.63, 3.8) is 0 Å². The summed E-state index contributed by atoms with van der Waals surface area (Å²) in [4.78, 5) is 3.99. The van der Waals surface area contributed by atoms with Crippen LogP contribution in [0.4, 0.5) is 0 Å². The van der Waals surface area contributed by atoms with Gasteiger partial charge in [0.2, 0.25) is 6.39 Å². The zero-order chi connectivity index (χ0) is 13.0. The average Bonchev–Trinajstić information content (AvgIpc) is 2.79. The molecule has 96 valence electrons. The molecule has 0 bridgehead atoms. The molecule has 0 aliphatic heterocycles. The van der Waals surface area contributed by atoms with E-state index >= 15 is 0 Å². The fourth-order valence-corrected chi connectivity index (χ4v) is 2.20. The quantitative estimate of drug-likeness (QED) is 0.821. The first-order chi connectivity index (χ1) is 8.66. The molecule has 1 aromatic carbocycles. The molecule has 0 fully saturated rings. The lowest BCUT2D eigenvalue weighted by Gasteiger charge is -2.11. The third-order valence-electron chi connectivity index (χ3n) is 3.07. The zero-order valence-corrected chi connectivity index (χ0v) is 11.2. The number of hydrogen-bond acceptors (Lipinski definition) is 4.